The van der Waals surface area contributed by atoms with Crippen molar-refractivity contribution >= 4 is 32.3 Å². The van der Waals surface area contributed by atoms with E-state index in [1.807, 2.05) is 0 Å². The molecule has 2 aliphatic heterocycles. The first-order chi connectivity index (χ1) is 12.8. The van der Waals surface area contributed by atoms with E-state index in [2.05, 4.69) is 12.6 Å². The van der Waals surface area contributed by atoms with E-state index in [9.17, 15) is 16.8 Å². The molecule has 2 bridgehead atoms. The van der Waals surface area contributed by atoms with Crippen LogP contribution in [0, 0.1) is 0 Å². The van der Waals surface area contributed by atoms with Crippen LogP contribution in [-0.4, -0.2) is 44.8 Å². The minimum absolute atomic E-state index is 0.0670. The predicted octanol–water partition coefficient (Wildman–Crippen LogP) is 2.31. The van der Waals surface area contributed by atoms with Crippen molar-refractivity contribution in [1.82, 2.24) is 0 Å². The number of fused-ring (bicyclic) bond motifs is 2. The average molecular weight is 423 g/mol. The maximum atomic E-state index is 13.5. The van der Waals surface area contributed by atoms with Gasteiger partial charge < -0.3 is 4.74 Å². The molecule has 0 spiro atoms. The third-order valence-corrected chi connectivity index (χ3v) is 10.3. The van der Waals surface area contributed by atoms with Gasteiger partial charge in [0.15, 0.2) is 19.7 Å². The Balaban J connectivity index is 1.91. The van der Waals surface area contributed by atoms with E-state index >= 15 is 0 Å². The highest BCUT2D eigenvalue weighted by atomic mass is 32.2. The Labute approximate surface area is 164 Å². The first kappa shape index (κ1) is 18.7. The molecule has 0 radical (unpaired) electrons. The fourth-order valence-electron chi connectivity index (χ4n) is 3.86. The summed E-state index contributed by atoms with van der Waals surface area (Å²) in [6.07, 6.45) is 2.46. The predicted molar refractivity (Wildman–Crippen MR) is 105 cm³/mol. The van der Waals surface area contributed by atoms with E-state index in [1.54, 1.807) is 48.6 Å². The molecule has 0 amide bonds. The summed E-state index contributed by atoms with van der Waals surface area (Å²) in [5.41, 5.74) is -1.27. The Morgan fingerprint density at radius 1 is 0.852 bits per heavy atom. The zero-order chi connectivity index (χ0) is 19.3. The molecule has 2 aliphatic rings. The summed E-state index contributed by atoms with van der Waals surface area (Å²) in [4.78, 5) is 0.163. The molecule has 0 aliphatic carbocycles. The lowest BCUT2D eigenvalue weighted by Gasteiger charge is -2.32. The highest BCUT2D eigenvalue weighted by Crippen LogP contribution is 2.48. The molecule has 1 saturated heterocycles. The lowest BCUT2D eigenvalue weighted by atomic mass is 9.95. The number of hydrogen-bond acceptors (Lipinski definition) is 6. The molecule has 142 valence electrons. The van der Waals surface area contributed by atoms with Gasteiger partial charge in [0.05, 0.1) is 15.9 Å². The average Bonchev–Trinajstić information content (AvgIpc) is 3.27. The molecule has 27 heavy (non-hydrogen) atoms. The van der Waals surface area contributed by atoms with Crippen LogP contribution in [0.1, 0.15) is 0 Å². The molecule has 2 aromatic rings. The number of thiol groups is 1. The Bertz CT molecular complexity index is 1080. The standard InChI is InChI=1S/C19H18O5S3/c20-26(21,14-7-3-1-4-8-14)17-16-11-12-19(13-25,24-16)18(17)27(22,23)15-9-5-2-6-10-15/h1-12,16-18,25H,13H2/t16-,17+,18-,19+/m0/s1. The molecular weight excluding hydrogens is 404 g/mol. The van der Waals surface area contributed by atoms with Crippen LogP contribution in [0.5, 0.6) is 0 Å². The van der Waals surface area contributed by atoms with Gasteiger partial charge in [0.25, 0.3) is 0 Å². The summed E-state index contributed by atoms with van der Waals surface area (Å²) in [7, 11) is -7.93. The van der Waals surface area contributed by atoms with Crippen molar-refractivity contribution in [2.75, 3.05) is 5.75 Å². The second-order valence-electron chi connectivity index (χ2n) is 6.66. The third kappa shape index (κ3) is 2.77. The maximum Gasteiger partial charge on any atom is 0.185 e. The lowest BCUT2D eigenvalue weighted by Crippen LogP contribution is -2.52. The zero-order valence-electron chi connectivity index (χ0n) is 14.2. The largest absolute Gasteiger partial charge is 0.360 e. The van der Waals surface area contributed by atoms with E-state index < -0.39 is 41.9 Å². The molecule has 0 saturated carbocycles. The van der Waals surface area contributed by atoms with E-state index in [0.717, 1.165) is 0 Å². The minimum atomic E-state index is -3.98. The summed E-state index contributed by atoms with van der Waals surface area (Å²) in [6.45, 7) is 0. The third-order valence-electron chi connectivity index (χ3n) is 5.11. The topological polar surface area (TPSA) is 77.5 Å². The molecule has 0 N–H and O–H groups in total. The maximum absolute atomic E-state index is 13.5. The number of ether oxygens (including phenoxy) is 1. The number of benzene rings is 2. The molecule has 2 heterocycles. The van der Waals surface area contributed by atoms with Gasteiger partial charge in [-0.25, -0.2) is 16.8 Å². The van der Waals surface area contributed by atoms with Crippen LogP contribution in [0.4, 0.5) is 0 Å². The summed E-state index contributed by atoms with van der Waals surface area (Å²) in [5, 5.41) is -2.51. The highest BCUT2D eigenvalue weighted by molar-refractivity contribution is 7.96. The van der Waals surface area contributed by atoms with Gasteiger partial charge in [-0.05, 0) is 24.3 Å². The van der Waals surface area contributed by atoms with Crippen LogP contribution in [-0.2, 0) is 24.4 Å². The van der Waals surface area contributed by atoms with Gasteiger partial charge >= 0.3 is 0 Å². The molecule has 0 unspecified atom stereocenters. The summed E-state index contributed by atoms with van der Waals surface area (Å²) in [6, 6.07) is 15.8. The lowest BCUT2D eigenvalue weighted by molar-refractivity contribution is 0.0519. The van der Waals surface area contributed by atoms with Gasteiger partial charge in [-0.3, -0.25) is 0 Å². The monoisotopic (exact) mass is 422 g/mol. The minimum Gasteiger partial charge on any atom is -0.360 e. The molecule has 1 fully saturated rings. The molecule has 4 atom stereocenters. The van der Waals surface area contributed by atoms with Crippen molar-refractivity contribution in [3.05, 3.63) is 72.8 Å². The molecular formula is C19H18O5S3. The number of sulfone groups is 2. The van der Waals surface area contributed by atoms with Crippen molar-refractivity contribution in [3.63, 3.8) is 0 Å². The van der Waals surface area contributed by atoms with Crippen molar-refractivity contribution in [3.8, 4) is 0 Å². The SMILES string of the molecule is O=S(=O)(c1ccccc1)[C@@H]1[C@@H]2C=C[C@](CS)(O2)[C@H]1S(=O)(=O)c1ccccc1. The van der Waals surface area contributed by atoms with Crippen LogP contribution >= 0.6 is 12.6 Å². The van der Waals surface area contributed by atoms with Crippen LogP contribution < -0.4 is 0 Å². The Kier molecular flexibility index (Phi) is 4.50. The van der Waals surface area contributed by atoms with Gasteiger partial charge in [-0.2, -0.15) is 12.6 Å². The summed E-state index contributed by atoms with van der Waals surface area (Å²) >= 11 is 4.30. The van der Waals surface area contributed by atoms with Crippen LogP contribution in [0.2, 0.25) is 0 Å². The van der Waals surface area contributed by atoms with Gasteiger partial charge in [0.2, 0.25) is 0 Å². The normalized spacial score (nSPS) is 29.9. The second kappa shape index (κ2) is 6.48. The van der Waals surface area contributed by atoms with Gasteiger partial charge in [0, 0.05) is 5.75 Å². The zero-order valence-corrected chi connectivity index (χ0v) is 16.7. The Hall–Kier alpha value is -1.61. The van der Waals surface area contributed by atoms with Crippen LogP contribution in [0.25, 0.3) is 0 Å². The van der Waals surface area contributed by atoms with Crippen molar-refractivity contribution in [2.24, 2.45) is 0 Å². The highest BCUT2D eigenvalue weighted by Gasteiger charge is 2.65. The van der Waals surface area contributed by atoms with E-state index in [4.69, 9.17) is 4.74 Å². The molecule has 8 heteroatoms. The van der Waals surface area contributed by atoms with Gasteiger partial charge in [-0.1, -0.05) is 48.6 Å². The smallest absolute Gasteiger partial charge is 0.185 e. The van der Waals surface area contributed by atoms with Gasteiger partial charge in [0.1, 0.15) is 16.1 Å². The van der Waals surface area contributed by atoms with E-state index in [1.165, 1.54) is 24.3 Å². The van der Waals surface area contributed by atoms with Gasteiger partial charge in [-0.15, -0.1) is 0 Å². The first-order valence-corrected chi connectivity index (χ1v) is 12.1. The molecule has 4 rings (SSSR count). The van der Waals surface area contributed by atoms with Crippen LogP contribution in [0.3, 0.4) is 0 Å². The van der Waals surface area contributed by atoms with Crippen molar-refractivity contribution in [1.29, 1.82) is 0 Å². The van der Waals surface area contributed by atoms with E-state index in [-0.39, 0.29) is 15.5 Å². The number of hydrogen-bond donors (Lipinski definition) is 1. The fraction of sp³-hybridized carbons (Fsp3) is 0.263. The molecule has 2 aromatic carbocycles. The van der Waals surface area contributed by atoms with E-state index in [0.29, 0.717) is 0 Å². The van der Waals surface area contributed by atoms with Crippen LogP contribution in [0.15, 0.2) is 82.6 Å². The quantitative estimate of drug-likeness (QED) is 0.591. The Morgan fingerprint density at radius 3 is 1.89 bits per heavy atom. The second-order valence-corrected chi connectivity index (χ2v) is 11.1. The van der Waals surface area contributed by atoms with Crippen molar-refractivity contribution in [2.45, 2.75) is 32.0 Å². The number of rotatable bonds is 5. The van der Waals surface area contributed by atoms with Crippen molar-refractivity contribution < 1.29 is 21.6 Å². The fourth-order valence-corrected chi connectivity index (χ4v) is 9.23. The first-order valence-electron chi connectivity index (χ1n) is 8.39. The molecule has 5 nitrogen and oxygen atoms in total. The Morgan fingerprint density at radius 2 is 1.37 bits per heavy atom. The summed E-state index contributed by atoms with van der Waals surface area (Å²) in [5.74, 6) is 0.0670. The summed E-state index contributed by atoms with van der Waals surface area (Å²) < 4.78 is 59.6. The molecule has 0 aromatic heterocycles.